The zero-order chi connectivity index (χ0) is 18.9. The molecule has 0 bridgehead atoms. The molecule has 0 radical (unpaired) electrons. The van der Waals surface area contributed by atoms with Crippen LogP contribution in [0.1, 0.15) is 42.4 Å². The number of nitrogens with one attached hydrogen (secondary N) is 1. The molecule has 0 atom stereocenters. The number of aromatic nitrogens is 1. The average molecular weight is 375 g/mol. The van der Waals surface area contributed by atoms with Crippen molar-refractivity contribution in [2.45, 2.75) is 44.9 Å². The zero-order valence-electron chi connectivity index (χ0n) is 16.0. The molecular weight excluding hydrogens is 350 g/mol. The van der Waals surface area contributed by atoms with Gasteiger partial charge in [-0.25, -0.2) is 4.98 Å². The topological polar surface area (TPSA) is 58.4 Å². The number of piperidine rings is 1. The third kappa shape index (κ3) is 3.37. The number of rotatable bonds is 4. The highest BCUT2D eigenvalue weighted by Crippen LogP contribution is 2.30. The number of furan rings is 1. The van der Waals surface area contributed by atoms with Crippen molar-refractivity contribution in [3.63, 3.8) is 0 Å². The van der Waals surface area contributed by atoms with Crippen LogP contribution < -0.4 is 10.2 Å². The second-order valence-electron chi connectivity index (χ2n) is 7.91. The summed E-state index contributed by atoms with van der Waals surface area (Å²) in [5.74, 6) is 0.529. The van der Waals surface area contributed by atoms with Gasteiger partial charge in [-0.3, -0.25) is 4.79 Å². The lowest BCUT2D eigenvalue weighted by atomic mass is 10.0. The first-order chi connectivity index (χ1) is 13.8. The Morgan fingerprint density at radius 3 is 2.68 bits per heavy atom. The van der Waals surface area contributed by atoms with Crippen LogP contribution in [0.5, 0.6) is 0 Å². The third-order valence-corrected chi connectivity index (χ3v) is 5.96. The van der Waals surface area contributed by atoms with Crippen molar-refractivity contribution in [2.75, 3.05) is 23.3 Å². The van der Waals surface area contributed by atoms with Crippen LogP contribution in [0.4, 0.5) is 11.5 Å². The number of hydrogen-bond donors (Lipinski definition) is 1. The fourth-order valence-electron chi connectivity index (χ4n) is 4.44. The Kier molecular flexibility index (Phi) is 4.51. The normalized spacial score (nSPS) is 16.4. The number of aryl methyl sites for hydroxylation is 2. The number of fused-ring (bicyclic) bond motifs is 2. The van der Waals surface area contributed by atoms with Crippen molar-refractivity contribution in [3.8, 4) is 0 Å². The molecule has 28 heavy (non-hydrogen) atoms. The van der Waals surface area contributed by atoms with E-state index in [2.05, 4.69) is 27.3 Å². The Morgan fingerprint density at radius 1 is 1.07 bits per heavy atom. The van der Waals surface area contributed by atoms with Gasteiger partial charge in [0.2, 0.25) is 5.91 Å². The maximum atomic E-state index is 12.5. The van der Waals surface area contributed by atoms with Gasteiger partial charge in [0.15, 0.2) is 0 Å². The largest absolute Gasteiger partial charge is 0.464 e. The van der Waals surface area contributed by atoms with Crippen LogP contribution >= 0.6 is 0 Å². The molecule has 2 aromatic heterocycles. The van der Waals surface area contributed by atoms with Crippen LogP contribution in [0, 0.1) is 0 Å². The van der Waals surface area contributed by atoms with Gasteiger partial charge in [-0.2, -0.15) is 0 Å². The maximum absolute atomic E-state index is 12.5. The SMILES string of the molecule is O=C(Cc1coc2cc3c(cc12)CCC3)Nc1ccc(N2CCCCC2)cn1. The van der Waals surface area contributed by atoms with E-state index in [9.17, 15) is 4.79 Å². The maximum Gasteiger partial charge on any atom is 0.230 e. The van der Waals surface area contributed by atoms with Crippen molar-refractivity contribution >= 4 is 28.4 Å². The number of benzene rings is 1. The second-order valence-corrected chi connectivity index (χ2v) is 7.91. The summed E-state index contributed by atoms with van der Waals surface area (Å²) in [6.45, 7) is 2.18. The van der Waals surface area contributed by atoms with Crippen molar-refractivity contribution < 1.29 is 9.21 Å². The molecule has 1 amide bonds. The van der Waals surface area contributed by atoms with E-state index >= 15 is 0 Å². The first-order valence-corrected chi connectivity index (χ1v) is 10.3. The lowest BCUT2D eigenvalue weighted by Crippen LogP contribution is -2.29. The smallest absolute Gasteiger partial charge is 0.230 e. The average Bonchev–Trinajstić information content (AvgIpc) is 3.34. The van der Waals surface area contributed by atoms with Gasteiger partial charge >= 0.3 is 0 Å². The van der Waals surface area contributed by atoms with Crippen molar-refractivity contribution in [2.24, 2.45) is 0 Å². The van der Waals surface area contributed by atoms with Crippen LogP contribution in [0.25, 0.3) is 11.0 Å². The fraction of sp³-hybridized carbons (Fsp3) is 0.391. The van der Waals surface area contributed by atoms with Gasteiger partial charge in [0, 0.05) is 24.0 Å². The molecule has 1 N–H and O–H groups in total. The number of carbonyl (C=O) groups excluding carboxylic acids is 1. The molecule has 5 rings (SSSR count). The van der Waals surface area contributed by atoms with Gasteiger partial charge < -0.3 is 14.6 Å². The van der Waals surface area contributed by atoms with Gasteiger partial charge in [-0.15, -0.1) is 0 Å². The summed E-state index contributed by atoms with van der Waals surface area (Å²) < 4.78 is 5.71. The molecular formula is C23H25N3O2. The Bertz CT molecular complexity index is 1000. The molecule has 1 aliphatic carbocycles. The minimum absolute atomic E-state index is 0.0681. The molecule has 3 aromatic rings. The number of hydrogen-bond acceptors (Lipinski definition) is 4. The summed E-state index contributed by atoms with van der Waals surface area (Å²) >= 11 is 0. The minimum Gasteiger partial charge on any atom is -0.464 e. The van der Waals surface area contributed by atoms with Gasteiger partial charge in [0.25, 0.3) is 0 Å². The van der Waals surface area contributed by atoms with Crippen LogP contribution in [0.15, 0.2) is 41.1 Å². The molecule has 144 valence electrons. The van der Waals surface area contributed by atoms with Gasteiger partial charge in [0.1, 0.15) is 11.4 Å². The summed E-state index contributed by atoms with van der Waals surface area (Å²) in [5.41, 5.74) is 5.73. The van der Waals surface area contributed by atoms with E-state index < -0.39 is 0 Å². The highest BCUT2D eigenvalue weighted by atomic mass is 16.3. The highest BCUT2D eigenvalue weighted by Gasteiger charge is 2.17. The van der Waals surface area contributed by atoms with Crippen LogP contribution in [0.3, 0.4) is 0 Å². The van der Waals surface area contributed by atoms with Gasteiger partial charge in [-0.1, -0.05) is 0 Å². The predicted octanol–water partition coefficient (Wildman–Crippen LogP) is 4.49. The van der Waals surface area contributed by atoms with Crippen molar-refractivity contribution in [3.05, 3.63) is 53.4 Å². The van der Waals surface area contributed by atoms with Crippen LogP contribution in [-0.2, 0) is 24.1 Å². The first-order valence-electron chi connectivity index (χ1n) is 10.3. The molecule has 3 heterocycles. The van der Waals surface area contributed by atoms with Crippen LogP contribution in [0.2, 0.25) is 0 Å². The van der Waals surface area contributed by atoms with Crippen molar-refractivity contribution in [1.29, 1.82) is 0 Å². The Hall–Kier alpha value is -2.82. The fourth-order valence-corrected chi connectivity index (χ4v) is 4.44. The predicted molar refractivity (Wildman–Crippen MR) is 111 cm³/mol. The Labute approximate surface area is 164 Å². The Morgan fingerprint density at radius 2 is 1.89 bits per heavy atom. The Balaban J connectivity index is 1.27. The van der Waals surface area contributed by atoms with E-state index in [1.54, 1.807) is 6.26 Å². The van der Waals surface area contributed by atoms with E-state index in [1.165, 1.54) is 36.8 Å². The first kappa shape index (κ1) is 17.3. The molecule has 0 spiro atoms. The molecule has 1 aliphatic heterocycles. The van der Waals surface area contributed by atoms with E-state index in [1.807, 2.05) is 18.3 Å². The molecule has 1 fully saturated rings. The molecule has 0 saturated carbocycles. The lowest BCUT2D eigenvalue weighted by molar-refractivity contribution is -0.115. The molecule has 1 aromatic carbocycles. The van der Waals surface area contributed by atoms with E-state index in [-0.39, 0.29) is 5.91 Å². The lowest BCUT2D eigenvalue weighted by Gasteiger charge is -2.28. The summed E-state index contributed by atoms with van der Waals surface area (Å²) in [6, 6.07) is 8.28. The zero-order valence-corrected chi connectivity index (χ0v) is 16.0. The van der Waals surface area contributed by atoms with E-state index in [4.69, 9.17) is 4.42 Å². The summed E-state index contributed by atoms with van der Waals surface area (Å²) in [6.07, 6.45) is 11.1. The number of nitrogens with zero attached hydrogens (tertiary/aromatic N) is 2. The summed E-state index contributed by atoms with van der Waals surface area (Å²) in [4.78, 5) is 19.3. The molecule has 5 nitrogen and oxygen atoms in total. The second kappa shape index (κ2) is 7.30. The minimum atomic E-state index is -0.0681. The van der Waals surface area contributed by atoms with Gasteiger partial charge in [-0.05, 0) is 73.9 Å². The summed E-state index contributed by atoms with van der Waals surface area (Å²) in [7, 11) is 0. The van der Waals surface area contributed by atoms with Crippen molar-refractivity contribution in [1.82, 2.24) is 4.98 Å². The quantitative estimate of drug-likeness (QED) is 0.730. The van der Waals surface area contributed by atoms with E-state index in [0.29, 0.717) is 12.2 Å². The van der Waals surface area contributed by atoms with Gasteiger partial charge in [0.05, 0.1) is 24.6 Å². The molecule has 0 unspecified atom stereocenters. The summed E-state index contributed by atoms with van der Waals surface area (Å²) in [5, 5.41) is 3.98. The third-order valence-electron chi connectivity index (χ3n) is 5.96. The molecule has 2 aliphatic rings. The van der Waals surface area contributed by atoms with E-state index in [0.717, 1.165) is 48.2 Å². The highest BCUT2D eigenvalue weighted by molar-refractivity contribution is 5.95. The molecule has 5 heteroatoms. The number of anilines is 2. The number of amides is 1. The molecule has 1 saturated heterocycles. The number of pyridine rings is 1. The standard InChI is InChI=1S/C23H25N3O2/c27-23(25-22-8-7-19(14-24-22)26-9-2-1-3-10-26)13-18-15-28-21-12-17-6-4-5-16(17)11-20(18)21/h7-8,11-12,14-15H,1-6,9-10,13H2,(H,24,25,27). The monoisotopic (exact) mass is 375 g/mol. The number of carbonyl (C=O) groups is 1. The van der Waals surface area contributed by atoms with Crippen LogP contribution in [-0.4, -0.2) is 24.0 Å².